The van der Waals surface area contributed by atoms with E-state index in [0.717, 1.165) is 0 Å². The van der Waals surface area contributed by atoms with Crippen molar-refractivity contribution in [2.45, 2.75) is 25.4 Å². The van der Waals surface area contributed by atoms with Crippen molar-refractivity contribution < 1.29 is 24.6 Å². The van der Waals surface area contributed by atoms with E-state index in [1.165, 1.54) is 34.9 Å². The number of benzene rings is 1. The predicted octanol–water partition coefficient (Wildman–Crippen LogP) is 2.90. The molecule has 0 aliphatic carbocycles. The van der Waals surface area contributed by atoms with Crippen molar-refractivity contribution in [2.75, 3.05) is 8.36 Å². The summed E-state index contributed by atoms with van der Waals surface area (Å²) in [4.78, 5) is 61.6. The predicted molar refractivity (Wildman–Crippen MR) is 131 cm³/mol. The number of fused-ring (bicyclic) bond motifs is 1. The molecule has 13 nitrogen and oxygen atoms in total. The maximum atomic E-state index is 12.6. The Morgan fingerprint density at radius 3 is 2.28 bits per heavy atom. The van der Waals surface area contributed by atoms with Crippen LogP contribution in [0.25, 0.3) is 11.2 Å². The van der Waals surface area contributed by atoms with Crippen molar-refractivity contribution in [3.05, 3.63) is 52.1 Å². The van der Waals surface area contributed by atoms with Crippen LogP contribution in [0.4, 0.5) is 11.6 Å². The summed E-state index contributed by atoms with van der Waals surface area (Å²) in [5.74, 6) is -3.61. The molecule has 0 aliphatic heterocycles. The molecule has 2 heterocycles. The van der Waals surface area contributed by atoms with Gasteiger partial charge in [-0.15, -0.1) is 0 Å². The first kappa shape index (κ1) is 27.2. The maximum Gasteiger partial charge on any atom is 0.327 e. The molecule has 1 atom stereocenters. The number of halogens is 4. The van der Waals surface area contributed by atoms with Gasteiger partial charge in [0.1, 0.15) is 6.04 Å². The van der Waals surface area contributed by atoms with E-state index in [0.29, 0.717) is 19.7 Å². The summed E-state index contributed by atoms with van der Waals surface area (Å²) in [6.07, 6.45) is 0.509. The van der Waals surface area contributed by atoms with Crippen LogP contribution < -0.4 is 13.9 Å². The number of carboxylic acid groups (broad SMARTS) is 2. The van der Waals surface area contributed by atoms with E-state index in [-0.39, 0.29) is 35.6 Å². The van der Waals surface area contributed by atoms with E-state index in [1.807, 2.05) is 0 Å². The van der Waals surface area contributed by atoms with Crippen LogP contribution in [-0.4, -0.2) is 58.5 Å². The van der Waals surface area contributed by atoms with Crippen LogP contribution in [-0.2, 0) is 16.1 Å². The molecule has 3 rings (SSSR count). The molecule has 1 aromatic carbocycles. The quantitative estimate of drug-likeness (QED) is 0.302. The van der Waals surface area contributed by atoms with E-state index in [4.69, 9.17) is 52.2 Å². The summed E-state index contributed by atoms with van der Waals surface area (Å²) in [7, 11) is 0. The van der Waals surface area contributed by atoms with E-state index < -0.39 is 35.9 Å². The minimum absolute atomic E-state index is 0.00796. The average Bonchev–Trinajstić information content (AvgIpc) is 2.83. The highest BCUT2D eigenvalue weighted by molar-refractivity contribution is 6.48. The van der Waals surface area contributed by atoms with Crippen LogP contribution in [0.5, 0.6) is 0 Å². The Hall–Kier alpha value is -3.39. The third-order valence-electron chi connectivity index (χ3n) is 4.69. The van der Waals surface area contributed by atoms with Crippen LogP contribution in [0.3, 0.4) is 0 Å². The van der Waals surface area contributed by atoms with Gasteiger partial charge in [0.15, 0.2) is 11.2 Å². The fraction of sp³-hybridized carbons (Fsp3) is 0.211. The molecule has 3 aromatic rings. The van der Waals surface area contributed by atoms with Gasteiger partial charge >= 0.3 is 11.9 Å². The Bertz CT molecular complexity index is 1350. The number of nitrogens with one attached hydrogen (secondary N) is 1. The number of rotatable bonds is 10. The molecular weight excluding hydrogens is 564 g/mol. The maximum absolute atomic E-state index is 12.6. The van der Waals surface area contributed by atoms with Crippen LogP contribution in [0.2, 0.25) is 0 Å². The number of anilines is 2. The molecule has 2 aromatic heterocycles. The smallest absolute Gasteiger partial charge is 0.327 e. The summed E-state index contributed by atoms with van der Waals surface area (Å²) in [6.45, 7) is 0.00796. The van der Waals surface area contributed by atoms with Crippen LogP contribution >= 0.6 is 47.1 Å². The van der Waals surface area contributed by atoms with Gasteiger partial charge in [0.25, 0.3) is 11.5 Å². The lowest BCUT2D eigenvalue weighted by Crippen LogP contribution is -2.39. The molecule has 0 fully saturated rings. The molecule has 0 spiro atoms. The van der Waals surface area contributed by atoms with E-state index in [9.17, 15) is 24.3 Å². The summed E-state index contributed by atoms with van der Waals surface area (Å²) in [5.41, 5.74) is 0.136. The van der Waals surface area contributed by atoms with Crippen molar-refractivity contribution >= 4 is 87.8 Å². The molecule has 1 amide bonds. The van der Waals surface area contributed by atoms with E-state index in [2.05, 4.69) is 19.9 Å². The Morgan fingerprint density at radius 1 is 1.03 bits per heavy atom. The Balaban J connectivity index is 1.73. The molecule has 0 aliphatic rings. The van der Waals surface area contributed by atoms with Crippen molar-refractivity contribution in [1.29, 1.82) is 0 Å². The van der Waals surface area contributed by atoms with Gasteiger partial charge in [0, 0.05) is 59.1 Å². The van der Waals surface area contributed by atoms with Gasteiger partial charge in [-0.25, -0.2) is 19.2 Å². The van der Waals surface area contributed by atoms with Crippen molar-refractivity contribution in [3.63, 3.8) is 0 Å². The van der Waals surface area contributed by atoms with E-state index in [1.54, 1.807) is 0 Å². The standard InChI is InChI=1S/C19H15Cl4N7O6/c20-28(8-10-7-24-15-14(25-10)16(33)27-19(26-15)30(22)23)11-3-1-9(2-4-11)17(34)29(21)12(18(35)36)5-6-13(31)32/h1-4,7,12H,5-6,8H2,(H,31,32)(H,35,36)(H,24,26,27,33)/t12-/m0/s1. The first-order chi connectivity index (χ1) is 17.0. The summed E-state index contributed by atoms with van der Waals surface area (Å²) < 4.78 is 2.27. The minimum Gasteiger partial charge on any atom is -0.481 e. The first-order valence-corrected chi connectivity index (χ1v) is 11.2. The number of aromatic nitrogens is 4. The Kier molecular flexibility index (Phi) is 8.74. The van der Waals surface area contributed by atoms with Crippen LogP contribution in [0.15, 0.2) is 35.3 Å². The molecule has 0 unspecified atom stereocenters. The van der Waals surface area contributed by atoms with Crippen LogP contribution in [0.1, 0.15) is 28.9 Å². The van der Waals surface area contributed by atoms with Crippen LogP contribution in [0, 0.1) is 0 Å². The monoisotopic (exact) mass is 577 g/mol. The lowest BCUT2D eigenvalue weighted by atomic mass is 10.1. The lowest BCUT2D eigenvalue weighted by molar-refractivity contribution is -0.142. The van der Waals surface area contributed by atoms with Crippen molar-refractivity contribution in [2.24, 2.45) is 0 Å². The number of carbonyl (C=O) groups excluding carboxylic acids is 1. The normalized spacial score (nSPS) is 11.7. The number of nitrogens with zero attached hydrogens (tertiary/aromatic N) is 6. The fourth-order valence-corrected chi connectivity index (χ4v) is 3.63. The number of hydrogen-bond acceptors (Lipinski definition) is 9. The molecule has 0 bridgehead atoms. The second-order valence-electron chi connectivity index (χ2n) is 7.13. The van der Waals surface area contributed by atoms with E-state index >= 15 is 0 Å². The van der Waals surface area contributed by atoms with Gasteiger partial charge in [-0.3, -0.25) is 23.8 Å². The number of aliphatic carboxylic acids is 2. The van der Waals surface area contributed by atoms with Gasteiger partial charge in [0.05, 0.1) is 24.1 Å². The number of carbonyl (C=O) groups is 3. The topological polar surface area (TPSA) is 173 Å². The average molecular weight is 579 g/mol. The third kappa shape index (κ3) is 6.43. The number of aromatic amines is 1. The Morgan fingerprint density at radius 2 is 1.69 bits per heavy atom. The Labute approximate surface area is 222 Å². The molecule has 17 heteroatoms. The molecule has 3 N–H and O–H groups in total. The highest BCUT2D eigenvalue weighted by Gasteiger charge is 2.30. The highest BCUT2D eigenvalue weighted by Crippen LogP contribution is 2.22. The first-order valence-electron chi connectivity index (χ1n) is 9.83. The molecule has 190 valence electrons. The summed E-state index contributed by atoms with van der Waals surface area (Å²) >= 11 is 23.4. The number of H-pyrrole nitrogens is 1. The van der Waals surface area contributed by atoms with Crippen molar-refractivity contribution in [3.8, 4) is 0 Å². The van der Waals surface area contributed by atoms with Crippen molar-refractivity contribution in [1.82, 2.24) is 24.4 Å². The zero-order valence-corrected chi connectivity index (χ0v) is 20.8. The number of amides is 1. The minimum atomic E-state index is -1.53. The molecule has 36 heavy (non-hydrogen) atoms. The van der Waals surface area contributed by atoms with Gasteiger partial charge in [0.2, 0.25) is 5.95 Å². The molecular formula is C19H15Cl4N7O6. The zero-order valence-electron chi connectivity index (χ0n) is 17.8. The second-order valence-corrected chi connectivity index (χ2v) is 8.75. The third-order valence-corrected chi connectivity index (χ3v) is 5.72. The second kappa shape index (κ2) is 11.6. The van der Waals surface area contributed by atoms with Gasteiger partial charge in [-0.1, -0.05) is 0 Å². The van der Waals surface area contributed by atoms with Gasteiger partial charge in [-0.2, -0.15) is 8.92 Å². The number of carboxylic acids is 2. The molecule has 0 saturated carbocycles. The lowest BCUT2D eigenvalue weighted by Gasteiger charge is -2.22. The summed E-state index contributed by atoms with van der Waals surface area (Å²) in [6, 6.07) is 4.15. The summed E-state index contributed by atoms with van der Waals surface area (Å²) in [5, 5.41) is 18.1. The number of hydrogen-bond donors (Lipinski definition) is 3. The largest absolute Gasteiger partial charge is 0.481 e. The zero-order chi connectivity index (χ0) is 26.6. The highest BCUT2D eigenvalue weighted by atomic mass is 35.5. The molecule has 0 saturated heterocycles. The van der Waals surface area contributed by atoms with Gasteiger partial charge in [-0.05, 0) is 30.7 Å². The SMILES string of the molecule is O=C(O)CC[C@@H](C(=O)O)N(Cl)C(=O)c1ccc(N(Cl)Cc2cnc3nc(N(Cl)Cl)[nH]c(=O)c3n2)cc1. The molecule has 0 radical (unpaired) electrons. The fourth-order valence-electron chi connectivity index (χ4n) is 2.96. The van der Waals surface area contributed by atoms with Gasteiger partial charge < -0.3 is 10.2 Å².